The van der Waals surface area contributed by atoms with Crippen molar-refractivity contribution in [3.05, 3.63) is 0 Å². The molecular formula is C19H34N2O7S. The molecule has 2 fully saturated rings. The maximum Gasteiger partial charge on any atom is 0.410 e. The lowest BCUT2D eigenvalue weighted by Crippen LogP contribution is -2.47. The number of esters is 1. The number of carbonyl (C=O) groups excluding carboxylic acids is 2. The number of rotatable bonds is 9. The Balaban J connectivity index is 1.86. The van der Waals surface area contributed by atoms with E-state index in [4.69, 9.17) is 13.7 Å². The Morgan fingerprint density at radius 2 is 1.90 bits per heavy atom. The smallest absolute Gasteiger partial charge is 0.410 e. The van der Waals surface area contributed by atoms with E-state index in [1.54, 1.807) is 0 Å². The van der Waals surface area contributed by atoms with Crippen LogP contribution in [0, 0.1) is 0 Å². The predicted molar refractivity (Wildman–Crippen MR) is 107 cm³/mol. The first-order valence-electron chi connectivity index (χ1n) is 10.2. The summed E-state index contributed by atoms with van der Waals surface area (Å²) in [5.74, 6) is -0.220. The molecule has 0 bridgehead atoms. The highest BCUT2D eigenvalue weighted by Gasteiger charge is 2.34. The number of hydrogen-bond acceptors (Lipinski definition) is 8. The molecule has 0 N–H and O–H groups in total. The van der Waals surface area contributed by atoms with Gasteiger partial charge in [-0.05, 0) is 59.5 Å². The maximum atomic E-state index is 12.7. The number of carbonyl (C=O) groups is 2. The molecule has 168 valence electrons. The van der Waals surface area contributed by atoms with E-state index in [1.807, 2.05) is 20.8 Å². The maximum absolute atomic E-state index is 12.7. The van der Waals surface area contributed by atoms with Gasteiger partial charge >= 0.3 is 12.1 Å². The van der Waals surface area contributed by atoms with Crippen molar-refractivity contribution in [1.29, 1.82) is 0 Å². The number of ether oxygens (including phenoxy) is 2. The van der Waals surface area contributed by atoms with Crippen LogP contribution in [-0.4, -0.2) is 87.1 Å². The number of likely N-dealkylation sites (tertiary alicyclic amines) is 1. The molecule has 2 heterocycles. The Morgan fingerprint density at radius 3 is 2.48 bits per heavy atom. The molecule has 0 aromatic carbocycles. The molecular weight excluding hydrogens is 400 g/mol. The SMILES string of the molecule is CC(C)(C)OC(=O)C(CCCN1CC(COS(C)(=O)=O)OC1=O)N1CCCCC1. The summed E-state index contributed by atoms with van der Waals surface area (Å²) in [6.45, 7) is 7.85. The van der Waals surface area contributed by atoms with Gasteiger partial charge in [-0.15, -0.1) is 0 Å². The molecule has 2 rings (SSSR count). The van der Waals surface area contributed by atoms with E-state index in [-0.39, 0.29) is 25.2 Å². The zero-order valence-corrected chi connectivity index (χ0v) is 18.7. The third-order valence-corrected chi connectivity index (χ3v) is 5.40. The first-order valence-corrected chi connectivity index (χ1v) is 12.0. The van der Waals surface area contributed by atoms with Crippen molar-refractivity contribution in [2.75, 3.05) is 39.0 Å². The Kier molecular flexibility index (Phi) is 8.30. The molecule has 2 aliphatic rings. The molecule has 29 heavy (non-hydrogen) atoms. The Hall–Kier alpha value is -1.39. The van der Waals surface area contributed by atoms with Gasteiger partial charge in [0.25, 0.3) is 10.1 Å². The molecule has 0 spiro atoms. The van der Waals surface area contributed by atoms with Gasteiger partial charge in [-0.3, -0.25) is 13.9 Å². The van der Waals surface area contributed by atoms with Crippen LogP contribution in [0.4, 0.5) is 4.79 Å². The highest BCUT2D eigenvalue weighted by molar-refractivity contribution is 7.85. The molecule has 0 aliphatic carbocycles. The second-order valence-corrected chi connectivity index (χ2v) is 10.4. The van der Waals surface area contributed by atoms with Crippen molar-refractivity contribution >= 4 is 22.2 Å². The van der Waals surface area contributed by atoms with Crippen LogP contribution >= 0.6 is 0 Å². The van der Waals surface area contributed by atoms with Crippen molar-refractivity contribution in [3.63, 3.8) is 0 Å². The van der Waals surface area contributed by atoms with E-state index < -0.39 is 27.9 Å². The van der Waals surface area contributed by atoms with Gasteiger partial charge in [-0.1, -0.05) is 6.42 Å². The number of cyclic esters (lactones) is 1. The zero-order chi connectivity index (χ0) is 21.7. The summed E-state index contributed by atoms with van der Waals surface area (Å²) in [5, 5.41) is 0. The summed E-state index contributed by atoms with van der Waals surface area (Å²) in [4.78, 5) is 28.5. The molecule has 0 aromatic rings. The molecule has 2 aliphatic heterocycles. The normalized spacial score (nSPS) is 22.4. The molecule has 0 aromatic heterocycles. The van der Waals surface area contributed by atoms with Gasteiger partial charge in [0.2, 0.25) is 0 Å². The van der Waals surface area contributed by atoms with E-state index in [1.165, 1.54) is 11.3 Å². The fourth-order valence-electron chi connectivity index (χ4n) is 3.57. The van der Waals surface area contributed by atoms with Gasteiger partial charge in [0.05, 0.1) is 12.8 Å². The monoisotopic (exact) mass is 434 g/mol. The van der Waals surface area contributed by atoms with Crippen molar-refractivity contribution in [1.82, 2.24) is 9.80 Å². The van der Waals surface area contributed by atoms with Gasteiger partial charge in [-0.2, -0.15) is 8.42 Å². The zero-order valence-electron chi connectivity index (χ0n) is 17.9. The molecule has 2 saturated heterocycles. The van der Waals surface area contributed by atoms with Crippen LogP contribution in [0.3, 0.4) is 0 Å². The largest absolute Gasteiger partial charge is 0.459 e. The second kappa shape index (κ2) is 10.1. The summed E-state index contributed by atoms with van der Waals surface area (Å²) in [6, 6.07) is -0.322. The first-order chi connectivity index (χ1) is 13.4. The average Bonchev–Trinajstić information content (AvgIpc) is 2.95. The summed E-state index contributed by atoms with van der Waals surface area (Å²) >= 11 is 0. The molecule has 2 unspecified atom stereocenters. The Labute approximate surface area is 173 Å². The molecule has 2 atom stereocenters. The number of hydrogen-bond donors (Lipinski definition) is 0. The van der Waals surface area contributed by atoms with Gasteiger partial charge < -0.3 is 14.4 Å². The van der Waals surface area contributed by atoms with Crippen LogP contribution in [0.1, 0.15) is 52.9 Å². The molecule has 0 saturated carbocycles. The third-order valence-electron chi connectivity index (χ3n) is 4.83. The van der Waals surface area contributed by atoms with Gasteiger partial charge in [0.1, 0.15) is 24.4 Å². The first kappa shape index (κ1) is 23.9. The average molecular weight is 435 g/mol. The van der Waals surface area contributed by atoms with Crippen LogP contribution < -0.4 is 0 Å². The van der Waals surface area contributed by atoms with E-state index in [0.717, 1.165) is 32.2 Å². The number of amides is 1. The molecule has 10 heteroatoms. The molecule has 1 amide bonds. The van der Waals surface area contributed by atoms with E-state index in [2.05, 4.69) is 4.90 Å². The van der Waals surface area contributed by atoms with Crippen LogP contribution in [0.25, 0.3) is 0 Å². The van der Waals surface area contributed by atoms with E-state index in [0.29, 0.717) is 19.4 Å². The van der Waals surface area contributed by atoms with Crippen molar-refractivity contribution in [3.8, 4) is 0 Å². The summed E-state index contributed by atoms with van der Waals surface area (Å²) < 4.78 is 37.7. The third kappa shape index (κ3) is 8.47. The Morgan fingerprint density at radius 1 is 1.24 bits per heavy atom. The van der Waals surface area contributed by atoms with Gasteiger partial charge in [-0.25, -0.2) is 4.79 Å². The minimum Gasteiger partial charge on any atom is -0.459 e. The van der Waals surface area contributed by atoms with E-state index >= 15 is 0 Å². The minimum atomic E-state index is -3.58. The lowest BCUT2D eigenvalue weighted by Gasteiger charge is -2.35. The highest BCUT2D eigenvalue weighted by Crippen LogP contribution is 2.20. The quantitative estimate of drug-likeness (QED) is 0.400. The lowest BCUT2D eigenvalue weighted by atomic mass is 10.0. The summed E-state index contributed by atoms with van der Waals surface area (Å²) in [5.41, 5.74) is -0.545. The van der Waals surface area contributed by atoms with Crippen molar-refractivity contribution < 1.29 is 31.7 Å². The fourth-order valence-corrected chi connectivity index (χ4v) is 3.97. The van der Waals surface area contributed by atoms with Gasteiger partial charge in [0.15, 0.2) is 0 Å². The highest BCUT2D eigenvalue weighted by atomic mass is 32.2. The lowest BCUT2D eigenvalue weighted by molar-refractivity contribution is -0.162. The van der Waals surface area contributed by atoms with E-state index in [9.17, 15) is 18.0 Å². The van der Waals surface area contributed by atoms with Gasteiger partial charge in [0, 0.05) is 6.54 Å². The standard InChI is InChI=1S/C19H34N2O7S/c1-19(2,3)28-17(22)16(20-10-6-5-7-11-20)9-8-12-21-13-15(27-18(21)23)14-26-29(4,24)25/h15-16H,5-14H2,1-4H3. The van der Waals surface area contributed by atoms with Crippen LogP contribution in [0.2, 0.25) is 0 Å². The number of piperidine rings is 1. The summed E-state index contributed by atoms with van der Waals surface area (Å²) in [7, 11) is -3.58. The second-order valence-electron chi connectivity index (χ2n) is 8.73. The van der Waals surface area contributed by atoms with Crippen LogP contribution in [-0.2, 0) is 28.6 Å². The fraction of sp³-hybridized carbons (Fsp3) is 0.895. The minimum absolute atomic E-state index is 0.185. The number of nitrogens with zero attached hydrogens (tertiary/aromatic N) is 2. The predicted octanol–water partition coefficient (Wildman–Crippen LogP) is 1.76. The van der Waals surface area contributed by atoms with Crippen LogP contribution in [0.5, 0.6) is 0 Å². The Bertz CT molecular complexity index is 669. The summed E-state index contributed by atoms with van der Waals surface area (Å²) in [6.07, 6.45) is 4.38. The molecule has 0 radical (unpaired) electrons. The topological polar surface area (TPSA) is 102 Å². The van der Waals surface area contributed by atoms with Crippen molar-refractivity contribution in [2.45, 2.75) is 70.6 Å². The molecule has 9 nitrogen and oxygen atoms in total. The van der Waals surface area contributed by atoms with Crippen LogP contribution in [0.15, 0.2) is 0 Å². The van der Waals surface area contributed by atoms with Crippen molar-refractivity contribution in [2.24, 2.45) is 0 Å².